The largest absolute Gasteiger partial charge is 0.387 e. The van der Waals surface area contributed by atoms with Crippen molar-refractivity contribution in [3.05, 3.63) is 0 Å². The molecule has 14 heavy (non-hydrogen) atoms. The van der Waals surface area contributed by atoms with Gasteiger partial charge in [0, 0.05) is 12.5 Å². The zero-order valence-corrected chi connectivity index (χ0v) is 10.5. The van der Waals surface area contributed by atoms with Crippen molar-refractivity contribution in [1.82, 2.24) is 0 Å². The normalized spacial score (nSPS) is 13.7. The molecule has 0 amide bonds. The van der Waals surface area contributed by atoms with Gasteiger partial charge in [-0.3, -0.25) is 4.99 Å². The van der Waals surface area contributed by atoms with Crippen LogP contribution in [0.3, 0.4) is 0 Å². The Bertz CT molecular complexity index is 173. The predicted octanol–water partition coefficient (Wildman–Crippen LogP) is 2.93. The van der Waals surface area contributed by atoms with E-state index in [1.165, 1.54) is 0 Å². The predicted molar refractivity (Wildman–Crippen MR) is 64.5 cm³/mol. The van der Waals surface area contributed by atoms with E-state index in [1.807, 2.05) is 0 Å². The molecule has 0 spiro atoms. The Balaban J connectivity index is 4.26. The van der Waals surface area contributed by atoms with Gasteiger partial charge in [-0.15, -0.1) is 0 Å². The molecule has 0 bridgehead atoms. The summed E-state index contributed by atoms with van der Waals surface area (Å²) in [6.07, 6.45) is 0. The molecular formula is C12H26N2. The summed E-state index contributed by atoms with van der Waals surface area (Å²) in [4.78, 5) is 4.46. The lowest BCUT2D eigenvalue weighted by Crippen LogP contribution is -2.24. The molecular weight excluding hydrogens is 172 g/mol. The molecule has 0 unspecified atom stereocenters. The van der Waals surface area contributed by atoms with Gasteiger partial charge in [0.05, 0.1) is 5.84 Å². The van der Waals surface area contributed by atoms with E-state index in [0.717, 1.165) is 12.4 Å². The van der Waals surface area contributed by atoms with Gasteiger partial charge in [0.15, 0.2) is 0 Å². The number of hydrogen-bond donors (Lipinski definition) is 1. The fourth-order valence-electron chi connectivity index (χ4n) is 1.58. The van der Waals surface area contributed by atoms with E-state index in [-0.39, 0.29) is 0 Å². The first-order valence-electron chi connectivity index (χ1n) is 5.66. The molecule has 0 aliphatic carbocycles. The van der Waals surface area contributed by atoms with E-state index in [2.05, 4.69) is 46.5 Å². The van der Waals surface area contributed by atoms with Crippen LogP contribution in [0.4, 0.5) is 0 Å². The number of aliphatic imine (C=N–C) groups is 1. The zero-order valence-electron chi connectivity index (χ0n) is 10.5. The van der Waals surface area contributed by atoms with Crippen molar-refractivity contribution < 1.29 is 0 Å². The minimum atomic E-state index is 0.370. The van der Waals surface area contributed by atoms with Crippen molar-refractivity contribution >= 4 is 5.84 Å². The average Bonchev–Trinajstić information content (AvgIpc) is 2.02. The van der Waals surface area contributed by atoms with Crippen LogP contribution in [-0.2, 0) is 0 Å². The molecule has 0 aliphatic heterocycles. The summed E-state index contributed by atoms with van der Waals surface area (Å²) in [5, 5.41) is 0. The summed E-state index contributed by atoms with van der Waals surface area (Å²) in [5.41, 5.74) is 5.82. The highest BCUT2D eigenvalue weighted by Gasteiger charge is 2.16. The van der Waals surface area contributed by atoms with E-state index in [4.69, 9.17) is 5.73 Å². The van der Waals surface area contributed by atoms with Crippen LogP contribution in [0.15, 0.2) is 4.99 Å². The number of nitrogens with two attached hydrogens (primary N) is 1. The maximum Gasteiger partial charge on any atom is 0.0962 e. The van der Waals surface area contributed by atoms with Crippen molar-refractivity contribution in [2.45, 2.75) is 41.5 Å². The molecule has 0 fully saturated rings. The van der Waals surface area contributed by atoms with Crippen LogP contribution in [0.5, 0.6) is 0 Å². The third kappa shape index (κ3) is 4.64. The lowest BCUT2D eigenvalue weighted by Gasteiger charge is -2.23. The molecule has 0 aromatic rings. The Labute approximate surface area is 89.0 Å². The molecule has 84 valence electrons. The standard InChI is InChI=1S/C12H26N2/c1-8(2)11(9(3)4)7-14-12(13)10(5)6/h8-11H,7H2,1-6H3,(H2,13,14). The molecule has 0 aromatic carbocycles. The Hall–Kier alpha value is -0.530. The smallest absolute Gasteiger partial charge is 0.0962 e. The van der Waals surface area contributed by atoms with E-state index in [1.54, 1.807) is 0 Å². The summed E-state index contributed by atoms with van der Waals surface area (Å²) < 4.78 is 0. The topological polar surface area (TPSA) is 38.4 Å². The number of nitrogens with zero attached hydrogens (tertiary/aromatic N) is 1. The number of amidine groups is 1. The van der Waals surface area contributed by atoms with Crippen molar-refractivity contribution in [2.24, 2.45) is 34.4 Å². The minimum absolute atomic E-state index is 0.370. The third-order valence-corrected chi connectivity index (χ3v) is 2.79. The van der Waals surface area contributed by atoms with Gasteiger partial charge in [-0.1, -0.05) is 41.5 Å². The highest BCUT2D eigenvalue weighted by molar-refractivity contribution is 5.82. The van der Waals surface area contributed by atoms with Gasteiger partial charge in [-0.05, 0) is 17.8 Å². The van der Waals surface area contributed by atoms with Crippen LogP contribution < -0.4 is 5.73 Å². The van der Waals surface area contributed by atoms with E-state index in [0.29, 0.717) is 23.7 Å². The van der Waals surface area contributed by atoms with Gasteiger partial charge in [-0.25, -0.2) is 0 Å². The summed E-state index contributed by atoms with van der Waals surface area (Å²) in [7, 11) is 0. The van der Waals surface area contributed by atoms with E-state index >= 15 is 0 Å². The molecule has 2 heteroatoms. The van der Waals surface area contributed by atoms with Crippen LogP contribution in [-0.4, -0.2) is 12.4 Å². The first kappa shape index (κ1) is 13.5. The van der Waals surface area contributed by atoms with Crippen molar-refractivity contribution in [2.75, 3.05) is 6.54 Å². The first-order chi connectivity index (χ1) is 6.36. The Kier molecular flexibility index (Phi) is 5.82. The molecule has 0 rings (SSSR count). The summed E-state index contributed by atoms with van der Waals surface area (Å²) in [5.74, 6) is 3.16. The maximum absolute atomic E-state index is 5.82. The van der Waals surface area contributed by atoms with Gasteiger partial charge in [0.1, 0.15) is 0 Å². The third-order valence-electron chi connectivity index (χ3n) is 2.79. The van der Waals surface area contributed by atoms with Gasteiger partial charge < -0.3 is 5.73 Å². The summed E-state index contributed by atoms with van der Waals surface area (Å²) in [6, 6.07) is 0. The van der Waals surface area contributed by atoms with Crippen LogP contribution in [0.2, 0.25) is 0 Å². The van der Waals surface area contributed by atoms with Gasteiger partial charge in [-0.2, -0.15) is 0 Å². The van der Waals surface area contributed by atoms with Crippen LogP contribution >= 0.6 is 0 Å². The lowest BCUT2D eigenvalue weighted by atomic mass is 9.86. The number of rotatable bonds is 5. The Morgan fingerprint density at radius 3 is 1.71 bits per heavy atom. The average molecular weight is 198 g/mol. The van der Waals surface area contributed by atoms with Gasteiger partial charge in [0.2, 0.25) is 0 Å². The fourth-order valence-corrected chi connectivity index (χ4v) is 1.58. The van der Waals surface area contributed by atoms with Crippen LogP contribution in [0.25, 0.3) is 0 Å². The second-order valence-corrected chi connectivity index (χ2v) is 5.07. The lowest BCUT2D eigenvalue weighted by molar-refractivity contribution is 0.297. The van der Waals surface area contributed by atoms with E-state index in [9.17, 15) is 0 Å². The van der Waals surface area contributed by atoms with Crippen molar-refractivity contribution in [3.8, 4) is 0 Å². The van der Waals surface area contributed by atoms with Crippen molar-refractivity contribution in [1.29, 1.82) is 0 Å². The molecule has 0 aliphatic rings. The minimum Gasteiger partial charge on any atom is -0.387 e. The maximum atomic E-state index is 5.82. The summed E-state index contributed by atoms with van der Waals surface area (Å²) in [6.45, 7) is 14.1. The molecule has 0 aromatic heterocycles. The highest BCUT2D eigenvalue weighted by atomic mass is 14.9. The summed E-state index contributed by atoms with van der Waals surface area (Å²) >= 11 is 0. The number of hydrogen-bond acceptors (Lipinski definition) is 1. The van der Waals surface area contributed by atoms with Gasteiger partial charge in [0.25, 0.3) is 0 Å². The second-order valence-electron chi connectivity index (χ2n) is 5.07. The zero-order chi connectivity index (χ0) is 11.3. The SMILES string of the molecule is CC(C)C(N)=NCC(C(C)C)C(C)C. The van der Waals surface area contributed by atoms with Crippen molar-refractivity contribution in [3.63, 3.8) is 0 Å². The van der Waals surface area contributed by atoms with Gasteiger partial charge >= 0.3 is 0 Å². The monoisotopic (exact) mass is 198 g/mol. The highest BCUT2D eigenvalue weighted by Crippen LogP contribution is 2.20. The Morgan fingerprint density at radius 1 is 1.00 bits per heavy atom. The molecule has 0 radical (unpaired) electrons. The molecule has 0 saturated heterocycles. The molecule has 2 nitrogen and oxygen atoms in total. The first-order valence-corrected chi connectivity index (χ1v) is 5.66. The molecule has 0 saturated carbocycles. The Morgan fingerprint density at radius 2 is 1.43 bits per heavy atom. The second kappa shape index (κ2) is 6.05. The molecule has 0 heterocycles. The quantitative estimate of drug-likeness (QED) is 0.535. The van der Waals surface area contributed by atoms with Crippen LogP contribution in [0, 0.1) is 23.7 Å². The fraction of sp³-hybridized carbons (Fsp3) is 0.917. The van der Waals surface area contributed by atoms with E-state index < -0.39 is 0 Å². The molecule has 2 N–H and O–H groups in total. The van der Waals surface area contributed by atoms with Crippen LogP contribution in [0.1, 0.15) is 41.5 Å². The molecule has 0 atom stereocenters.